The molecule has 7 nitrogen and oxygen atoms in total. The maximum atomic E-state index is 12.2. The Labute approximate surface area is 149 Å². The van der Waals surface area contributed by atoms with E-state index in [-0.39, 0.29) is 17.1 Å². The summed E-state index contributed by atoms with van der Waals surface area (Å²) >= 11 is 0. The van der Waals surface area contributed by atoms with Crippen molar-refractivity contribution in [2.24, 2.45) is 0 Å². The number of nitrogens with one attached hydrogen (secondary N) is 2. The number of hydrogen-bond acceptors (Lipinski definition) is 5. The van der Waals surface area contributed by atoms with Gasteiger partial charge in [0.2, 0.25) is 15.9 Å². The van der Waals surface area contributed by atoms with Crippen LogP contribution in [0, 0.1) is 0 Å². The first-order valence-electron chi connectivity index (χ1n) is 8.39. The third-order valence-corrected chi connectivity index (χ3v) is 5.17. The predicted octanol–water partition coefficient (Wildman–Crippen LogP) is 1.61. The lowest BCUT2D eigenvalue weighted by atomic mass is 10.2. The number of ketones is 1. The van der Waals surface area contributed by atoms with Crippen molar-refractivity contribution < 1.29 is 18.0 Å². The normalized spacial score (nSPS) is 11.5. The Balaban J connectivity index is 2.55. The van der Waals surface area contributed by atoms with Gasteiger partial charge in [-0.05, 0) is 57.2 Å². The smallest absolute Gasteiger partial charge is 0.240 e. The molecule has 1 aromatic carbocycles. The molecular formula is C17H27N3O4S. The van der Waals surface area contributed by atoms with Gasteiger partial charge < -0.3 is 10.2 Å². The number of hydrogen-bond donors (Lipinski definition) is 2. The van der Waals surface area contributed by atoms with Gasteiger partial charge >= 0.3 is 0 Å². The van der Waals surface area contributed by atoms with Crippen molar-refractivity contribution in [1.29, 1.82) is 0 Å². The van der Waals surface area contributed by atoms with Crippen LogP contribution >= 0.6 is 0 Å². The molecule has 0 saturated heterocycles. The number of Topliss-reactive ketones (excluding diaryl/α,β-unsaturated/α-hetero) is 1. The van der Waals surface area contributed by atoms with Crippen LogP contribution in [0.2, 0.25) is 0 Å². The first-order chi connectivity index (χ1) is 11.8. The number of amides is 1. The molecule has 1 aromatic rings. The van der Waals surface area contributed by atoms with Gasteiger partial charge in [-0.25, -0.2) is 13.1 Å². The maximum Gasteiger partial charge on any atom is 0.240 e. The van der Waals surface area contributed by atoms with Crippen LogP contribution in [-0.4, -0.2) is 51.2 Å². The van der Waals surface area contributed by atoms with Gasteiger partial charge in [0, 0.05) is 12.2 Å². The monoisotopic (exact) mass is 369 g/mol. The highest BCUT2D eigenvalue weighted by Gasteiger charge is 2.14. The summed E-state index contributed by atoms with van der Waals surface area (Å²) in [6.45, 7) is 8.59. The number of sulfonamides is 1. The lowest BCUT2D eigenvalue weighted by molar-refractivity contribution is -0.124. The Morgan fingerprint density at radius 2 is 1.68 bits per heavy atom. The van der Waals surface area contributed by atoms with Crippen LogP contribution in [0.15, 0.2) is 29.2 Å². The molecule has 0 unspecified atom stereocenters. The first kappa shape index (κ1) is 21.3. The lowest BCUT2D eigenvalue weighted by Gasteiger charge is -2.17. The van der Waals surface area contributed by atoms with E-state index in [0.29, 0.717) is 12.2 Å². The molecule has 0 bridgehead atoms. The van der Waals surface area contributed by atoms with Gasteiger partial charge in [0.15, 0.2) is 0 Å². The second kappa shape index (κ2) is 10.3. The number of nitrogens with zero attached hydrogens (tertiary/aromatic N) is 1. The van der Waals surface area contributed by atoms with Crippen LogP contribution in [0.4, 0.5) is 5.69 Å². The van der Waals surface area contributed by atoms with E-state index in [4.69, 9.17) is 0 Å². The molecule has 0 fully saturated rings. The molecule has 0 radical (unpaired) electrons. The van der Waals surface area contributed by atoms with Gasteiger partial charge in [0.05, 0.1) is 11.3 Å². The van der Waals surface area contributed by atoms with E-state index < -0.39 is 15.9 Å². The number of benzene rings is 1. The molecule has 0 aliphatic rings. The van der Waals surface area contributed by atoms with Crippen molar-refractivity contribution in [1.82, 2.24) is 9.62 Å². The molecule has 25 heavy (non-hydrogen) atoms. The lowest BCUT2D eigenvalue weighted by Crippen LogP contribution is -2.30. The molecule has 0 aliphatic carbocycles. The maximum absolute atomic E-state index is 12.2. The third kappa shape index (κ3) is 7.76. The minimum atomic E-state index is -3.57. The van der Waals surface area contributed by atoms with E-state index in [1.54, 1.807) is 0 Å². The average molecular weight is 369 g/mol. The van der Waals surface area contributed by atoms with Crippen molar-refractivity contribution in [2.45, 2.75) is 38.5 Å². The number of rotatable bonds is 11. The average Bonchev–Trinajstić information content (AvgIpc) is 2.54. The van der Waals surface area contributed by atoms with E-state index in [9.17, 15) is 18.0 Å². The summed E-state index contributed by atoms with van der Waals surface area (Å²) < 4.78 is 27.1. The van der Waals surface area contributed by atoms with Gasteiger partial charge in [-0.2, -0.15) is 0 Å². The van der Waals surface area contributed by atoms with Gasteiger partial charge in [-0.1, -0.05) is 13.8 Å². The van der Waals surface area contributed by atoms with E-state index in [1.165, 1.54) is 31.2 Å². The SMILES string of the molecule is CCN(CC)CCCNS(=O)(=O)c1ccc(NC(=O)CC(C)=O)cc1. The zero-order chi connectivity index (χ0) is 18.9. The summed E-state index contributed by atoms with van der Waals surface area (Å²) in [6.07, 6.45) is 0.536. The Kier molecular flexibility index (Phi) is 8.74. The topological polar surface area (TPSA) is 95.6 Å². The second-order valence-corrected chi connectivity index (χ2v) is 7.50. The predicted molar refractivity (Wildman–Crippen MR) is 98.0 cm³/mol. The molecule has 140 valence electrons. The standard InChI is InChI=1S/C17H27N3O4S/c1-4-20(5-2)12-6-11-18-25(23,24)16-9-7-15(8-10-16)19-17(22)13-14(3)21/h7-10,18H,4-6,11-13H2,1-3H3,(H,19,22). The first-order valence-corrected chi connectivity index (χ1v) is 9.88. The van der Waals surface area contributed by atoms with E-state index in [1.807, 2.05) is 0 Å². The summed E-state index contributed by atoms with van der Waals surface area (Å²) in [5, 5.41) is 2.55. The third-order valence-electron chi connectivity index (χ3n) is 3.70. The summed E-state index contributed by atoms with van der Waals surface area (Å²) in [4.78, 5) is 24.8. The van der Waals surface area contributed by atoms with Crippen LogP contribution in [-0.2, 0) is 19.6 Å². The zero-order valence-corrected chi connectivity index (χ0v) is 15.9. The van der Waals surface area contributed by atoms with Crippen molar-refractivity contribution in [2.75, 3.05) is 31.5 Å². The van der Waals surface area contributed by atoms with Crippen LogP contribution < -0.4 is 10.0 Å². The fourth-order valence-electron chi connectivity index (χ4n) is 2.28. The highest BCUT2D eigenvalue weighted by Crippen LogP contribution is 2.14. The largest absolute Gasteiger partial charge is 0.326 e. The molecule has 0 heterocycles. The van der Waals surface area contributed by atoms with E-state index in [2.05, 4.69) is 28.8 Å². The molecule has 8 heteroatoms. The fourth-order valence-corrected chi connectivity index (χ4v) is 3.36. The Hall–Kier alpha value is -1.77. The van der Waals surface area contributed by atoms with Gasteiger partial charge in [0.1, 0.15) is 5.78 Å². The molecule has 2 N–H and O–H groups in total. The van der Waals surface area contributed by atoms with Crippen LogP contribution in [0.1, 0.15) is 33.6 Å². The van der Waals surface area contributed by atoms with Gasteiger partial charge in [0.25, 0.3) is 0 Å². The minimum Gasteiger partial charge on any atom is -0.326 e. The number of carbonyl (C=O) groups excluding carboxylic acids is 2. The summed E-state index contributed by atoms with van der Waals surface area (Å²) in [5.74, 6) is -0.650. The quantitative estimate of drug-likeness (QED) is 0.456. The molecular weight excluding hydrogens is 342 g/mol. The molecule has 0 aliphatic heterocycles. The fraction of sp³-hybridized carbons (Fsp3) is 0.529. The molecule has 0 atom stereocenters. The van der Waals surface area contributed by atoms with E-state index in [0.717, 1.165) is 26.1 Å². The minimum absolute atomic E-state index is 0.139. The molecule has 0 saturated carbocycles. The Morgan fingerprint density at radius 3 is 2.20 bits per heavy atom. The second-order valence-electron chi connectivity index (χ2n) is 5.73. The van der Waals surface area contributed by atoms with Crippen molar-refractivity contribution in [3.05, 3.63) is 24.3 Å². The molecule has 1 rings (SSSR count). The van der Waals surface area contributed by atoms with Gasteiger partial charge in [-0.3, -0.25) is 9.59 Å². The van der Waals surface area contributed by atoms with Crippen molar-refractivity contribution in [3.63, 3.8) is 0 Å². The number of carbonyl (C=O) groups is 2. The van der Waals surface area contributed by atoms with Crippen LogP contribution in [0.5, 0.6) is 0 Å². The van der Waals surface area contributed by atoms with Gasteiger partial charge in [-0.15, -0.1) is 0 Å². The molecule has 0 aromatic heterocycles. The summed E-state index contributed by atoms with van der Waals surface area (Å²) in [7, 11) is -3.57. The molecule has 0 spiro atoms. The summed E-state index contributed by atoms with van der Waals surface area (Å²) in [6, 6.07) is 5.86. The Morgan fingerprint density at radius 1 is 1.08 bits per heavy atom. The highest BCUT2D eigenvalue weighted by molar-refractivity contribution is 7.89. The van der Waals surface area contributed by atoms with Crippen LogP contribution in [0.3, 0.4) is 0 Å². The van der Waals surface area contributed by atoms with Crippen molar-refractivity contribution in [3.8, 4) is 0 Å². The molecule has 1 amide bonds. The van der Waals surface area contributed by atoms with Crippen LogP contribution in [0.25, 0.3) is 0 Å². The number of anilines is 1. The Bertz CT molecular complexity index is 668. The van der Waals surface area contributed by atoms with Crippen molar-refractivity contribution >= 4 is 27.4 Å². The summed E-state index contributed by atoms with van der Waals surface area (Å²) in [5.41, 5.74) is 0.451. The zero-order valence-electron chi connectivity index (χ0n) is 15.0. The highest BCUT2D eigenvalue weighted by atomic mass is 32.2. The van der Waals surface area contributed by atoms with E-state index >= 15 is 0 Å².